The molecule has 20 heavy (non-hydrogen) atoms. The number of amides is 1. The van der Waals surface area contributed by atoms with E-state index in [-0.39, 0.29) is 11.9 Å². The van der Waals surface area contributed by atoms with Crippen molar-refractivity contribution in [3.8, 4) is 0 Å². The van der Waals surface area contributed by atoms with E-state index in [0.717, 1.165) is 24.9 Å². The molecule has 0 bridgehead atoms. The summed E-state index contributed by atoms with van der Waals surface area (Å²) in [5.74, 6) is -0.0942. The Hall–Kier alpha value is -2.10. The van der Waals surface area contributed by atoms with Crippen LogP contribution >= 0.6 is 0 Å². The molecule has 1 atom stereocenters. The van der Waals surface area contributed by atoms with Crippen LogP contribution in [0.4, 0.5) is 0 Å². The number of fused-ring (bicyclic) bond motifs is 1. The van der Waals surface area contributed by atoms with Crippen LogP contribution in [0.3, 0.4) is 0 Å². The zero-order valence-corrected chi connectivity index (χ0v) is 11.7. The number of carbonyl (C=O) groups is 1. The molecule has 0 aliphatic carbocycles. The van der Waals surface area contributed by atoms with Crippen molar-refractivity contribution in [3.63, 3.8) is 0 Å². The van der Waals surface area contributed by atoms with E-state index in [1.807, 2.05) is 48.0 Å². The molecule has 1 aromatic carbocycles. The molecule has 4 nitrogen and oxygen atoms in total. The third-order valence-corrected chi connectivity index (χ3v) is 3.80. The Kier molecular flexibility index (Phi) is 3.54. The summed E-state index contributed by atoms with van der Waals surface area (Å²) < 4.78 is 1.96. The van der Waals surface area contributed by atoms with Gasteiger partial charge in [-0.1, -0.05) is 30.3 Å². The van der Waals surface area contributed by atoms with Crippen molar-refractivity contribution in [1.29, 1.82) is 0 Å². The minimum Gasteiger partial charge on any atom is -0.344 e. The van der Waals surface area contributed by atoms with Crippen molar-refractivity contribution < 1.29 is 4.79 Å². The number of nitrogens with zero attached hydrogens (tertiary/aromatic N) is 2. The van der Waals surface area contributed by atoms with Gasteiger partial charge in [0.1, 0.15) is 5.69 Å². The van der Waals surface area contributed by atoms with Gasteiger partial charge in [-0.25, -0.2) is 0 Å². The number of hydrogen-bond donors (Lipinski definition) is 1. The monoisotopic (exact) mass is 269 g/mol. The lowest BCUT2D eigenvalue weighted by Crippen LogP contribution is -2.27. The molecule has 1 unspecified atom stereocenters. The molecule has 0 radical (unpaired) electrons. The Morgan fingerprint density at radius 3 is 2.85 bits per heavy atom. The lowest BCUT2D eigenvalue weighted by Gasteiger charge is -2.13. The van der Waals surface area contributed by atoms with Crippen LogP contribution in [0.5, 0.6) is 0 Å². The quantitative estimate of drug-likeness (QED) is 0.931. The van der Waals surface area contributed by atoms with Gasteiger partial charge in [-0.15, -0.1) is 0 Å². The van der Waals surface area contributed by atoms with E-state index < -0.39 is 0 Å². The summed E-state index contributed by atoms with van der Waals surface area (Å²) in [6, 6.07) is 11.9. The smallest absolute Gasteiger partial charge is 0.272 e. The molecule has 104 valence electrons. The molecule has 2 aromatic rings. The molecule has 1 aromatic heterocycles. The van der Waals surface area contributed by atoms with Crippen molar-refractivity contribution in [1.82, 2.24) is 15.1 Å². The van der Waals surface area contributed by atoms with Crippen LogP contribution in [0.25, 0.3) is 0 Å². The predicted octanol–water partition coefficient (Wildman–Crippen LogP) is 2.71. The second-order valence-electron chi connectivity index (χ2n) is 5.31. The SMILES string of the molecule is CC(NC(=O)c1cc2n(n1)CCCC2)c1ccccc1. The highest BCUT2D eigenvalue weighted by atomic mass is 16.2. The summed E-state index contributed by atoms with van der Waals surface area (Å²) >= 11 is 0. The highest BCUT2D eigenvalue weighted by Crippen LogP contribution is 2.16. The summed E-state index contributed by atoms with van der Waals surface area (Å²) in [5.41, 5.74) is 2.81. The predicted molar refractivity (Wildman–Crippen MR) is 77.5 cm³/mol. The van der Waals surface area contributed by atoms with Crippen LogP contribution in [0.1, 0.15) is 47.6 Å². The zero-order valence-electron chi connectivity index (χ0n) is 11.7. The first-order valence-electron chi connectivity index (χ1n) is 7.16. The van der Waals surface area contributed by atoms with Gasteiger partial charge < -0.3 is 5.32 Å². The summed E-state index contributed by atoms with van der Waals surface area (Å²) in [6.07, 6.45) is 3.36. The Morgan fingerprint density at radius 1 is 1.30 bits per heavy atom. The van der Waals surface area contributed by atoms with E-state index in [2.05, 4.69) is 10.4 Å². The minimum absolute atomic E-state index is 0.0116. The standard InChI is InChI=1S/C16H19N3O/c1-12(13-7-3-2-4-8-13)17-16(20)15-11-14-9-5-6-10-19(14)18-15/h2-4,7-8,11-12H,5-6,9-10H2,1H3,(H,17,20). The van der Waals surface area contributed by atoms with E-state index in [1.54, 1.807) is 0 Å². The van der Waals surface area contributed by atoms with Gasteiger partial charge in [0.05, 0.1) is 6.04 Å². The number of aromatic nitrogens is 2. The fourth-order valence-corrected chi connectivity index (χ4v) is 2.62. The number of rotatable bonds is 3. The van der Waals surface area contributed by atoms with E-state index >= 15 is 0 Å². The van der Waals surface area contributed by atoms with Crippen molar-refractivity contribution in [2.24, 2.45) is 0 Å². The molecule has 1 N–H and O–H groups in total. The van der Waals surface area contributed by atoms with E-state index in [9.17, 15) is 4.79 Å². The van der Waals surface area contributed by atoms with Crippen molar-refractivity contribution >= 4 is 5.91 Å². The maximum atomic E-state index is 12.3. The average molecular weight is 269 g/mol. The van der Waals surface area contributed by atoms with E-state index in [4.69, 9.17) is 0 Å². The Balaban J connectivity index is 1.71. The largest absolute Gasteiger partial charge is 0.344 e. The lowest BCUT2D eigenvalue weighted by molar-refractivity contribution is 0.0934. The molecule has 0 saturated heterocycles. The van der Waals surface area contributed by atoms with Crippen LogP contribution in [0, 0.1) is 0 Å². The van der Waals surface area contributed by atoms with Gasteiger partial charge >= 0.3 is 0 Å². The summed E-state index contributed by atoms with van der Waals surface area (Å²) in [4.78, 5) is 12.3. The normalized spacial score (nSPS) is 15.4. The Labute approximate surface area is 118 Å². The third-order valence-electron chi connectivity index (χ3n) is 3.80. The van der Waals surface area contributed by atoms with Gasteiger partial charge in [0, 0.05) is 12.2 Å². The summed E-state index contributed by atoms with van der Waals surface area (Å²) in [6.45, 7) is 2.92. The molecule has 3 rings (SSSR count). The zero-order chi connectivity index (χ0) is 13.9. The Morgan fingerprint density at radius 2 is 2.10 bits per heavy atom. The number of aryl methyl sites for hydroxylation is 2. The average Bonchev–Trinajstić information content (AvgIpc) is 2.92. The first-order chi connectivity index (χ1) is 9.74. The molecule has 0 saturated carbocycles. The molecule has 1 aliphatic rings. The van der Waals surface area contributed by atoms with Gasteiger partial charge in [0.15, 0.2) is 0 Å². The van der Waals surface area contributed by atoms with Crippen molar-refractivity contribution in [3.05, 3.63) is 53.3 Å². The first-order valence-corrected chi connectivity index (χ1v) is 7.16. The number of carbonyl (C=O) groups excluding carboxylic acids is 1. The fraction of sp³-hybridized carbons (Fsp3) is 0.375. The minimum atomic E-state index is -0.0942. The molecule has 1 amide bonds. The first kappa shape index (κ1) is 12.9. The molecule has 0 spiro atoms. The van der Waals surface area contributed by atoms with Gasteiger partial charge in [-0.3, -0.25) is 9.48 Å². The van der Waals surface area contributed by atoms with Crippen LogP contribution < -0.4 is 5.32 Å². The summed E-state index contributed by atoms with van der Waals surface area (Å²) in [5, 5.41) is 7.41. The molecular formula is C16H19N3O. The highest BCUT2D eigenvalue weighted by Gasteiger charge is 2.18. The van der Waals surface area contributed by atoms with Gasteiger partial charge in [0.25, 0.3) is 5.91 Å². The van der Waals surface area contributed by atoms with E-state index in [0.29, 0.717) is 5.69 Å². The lowest BCUT2D eigenvalue weighted by atomic mass is 10.1. The second-order valence-corrected chi connectivity index (χ2v) is 5.31. The third kappa shape index (κ3) is 2.59. The number of hydrogen-bond acceptors (Lipinski definition) is 2. The van der Waals surface area contributed by atoms with Crippen molar-refractivity contribution in [2.45, 2.75) is 38.8 Å². The topological polar surface area (TPSA) is 46.9 Å². The molecular weight excluding hydrogens is 250 g/mol. The molecule has 1 aliphatic heterocycles. The Bertz CT molecular complexity index is 580. The number of nitrogens with one attached hydrogen (secondary N) is 1. The molecule has 0 fully saturated rings. The highest BCUT2D eigenvalue weighted by molar-refractivity contribution is 5.92. The van der Waals surface area contributed by atoms with Crippen LogP contribution in [-0.2, 0) is 13.0 Å². The number of benzene rings is 1. The fourth-order valence-electron chi connectivity index (χ4n) is 2.62. The van der Waals surface area contributed by atoms with Gasteiger partial charge in [-0.05, 0) is 37.8 Å². The second kappa shape index (κ2) is 5.49. The van der Waals surface area contributed by atoms with Crippen LogP contribution in [0.15, 0.2) is 36.4 Å². The van der Waals surface area contributed by atoms with Crippen molar-refractivity contribution in [2.75, 3.05) is 0 Å². The van der Waals surface area contributed by atoms with E-state index in [1.165, 1.54) is 12.1 Å². The maximum Gasteiger partial charge on any atom is 0.272 e. The van der Waals surface area contributed by atoms with Crippen LogP contribution in [-0.4, -0.2) is 15.7 Å². The van der Waals surface area contributed by atoms with Crippen LogP contribution in [0.2, 0.25) is 0 Å². The molecule has 4 heteroatoms. The maximum absolute atomic E-state index is 12.3. The molecule has 2 heterocycles. The summed E-state index contributed by atoms with van der Waals surface area (Å²) in [7, 11) is 0. The van der Waals surface area contributed by atoms with Gasteiger partial charge in [-0.2, -0.15) is 5.10 Å². The van der Waals surface area contributed by atoms with Gasteiger partial charge in [0.2, 0.25) is 0 Å².